The van der Waals surface area contributed by atoms with Crippen LogP contribution in [-0.2, 0) is 4.79 Å². The summed E-state index contributed by atoms with van der Waals surface area (Å²) in [4.78, 5) is 34.3. The quantitative estimate of drug-likeness (QED) is 0.161. The van der Waals surface area contributed by atoms with Gasteiger partial charge in [0, 0.05) is 24.3 Å². The van der Waals surface area contributed by atoms with E-state index in [4.69, 9.17) is 4.74 Å². The number of carbonyl (C=O) groups excluding carboxylic acids is 2. The number of anilines is 2. The minimum absolute atomic E-state index is 0.0701. The second-order valence-corrected chi connectivity index (χ2v) is 12.8. The van der Waals surface area contributed by atoms with Crippen molar-refractivity contribution in [2.75, 3.05) is 49.5 Å². The number of benzene rings is 3. The van der Waals surface area contributed by atoms with E-state index in [-0.39, 0.29) is 30.3 Å². The Labute approximate surface area is 276 Å². The number of rotatable bonds is 16. The number of fused-ring (bicyclic) bond motifs is 1. The zero-order valence-electron chi connectivity index (χ0n) is 29.0. The Morgan fingerprint density at radius 3 is 2.22 bits per heavy atom. The van der Waals surface area contributed by atoms with Crippen LogP contribution in [0.15, 0.2) is 66.7 Å². The van der Waals surface area contributed by atoms with E-state index in [1.54, 1.807) is 4.90 Å². The van der Waals surface area contributed by atoms with E-state index in [1.165, 1.54) is 0 Å². The molecule has 0 radical (unpaired) electrons. The second-order valence-electron chi connectivity index (χ2n) is 12.8. The van der Waals surface area contributed by atoms with Gasteiger partial charge in [0.25, 0.3) is 0 Å². The van der Waals surface area contributed by atoms with E-state index in [9.17, 15) is 9.59 Å². The summed E-state index contributed by atoms with van der Waals surface area (Å²) in [6.07, 6.45) is 2.78. The van der Waals surface area contributed by atoms with Gasteiger partial charge in [-0.2, -0.15) is 0 Å². The highest BCUT2D eigenvalue weighted by molar-refractivity contribution is 6.01. The first-order chi connectivity index (χ1) is 22.2. The number of urea groups is 1. The van der Waals surface area contributed by atoms with Crippen LogP contribution in [0.3, 0.4) is 0 Å². The van der Waals surface area contributed by atoms with Crippen molar-refractivity contribution in [3.63, 3.8) is 0 Å². The zero-order chi connectivity index (χ0) is 33.2. The molecule has 0 saturated carbocycles. The first-order valence-electron chi connectivity index (χ1n) is 17.2. The van der Waals surface area contributed by atoms with Crippen molar-refractivity contribution >= 4 is 23.3 Å². The van der Waals surface area contributed by atoms with Crippen molar-refractivity contribution in [3.05, 3.63) is 89.0 Å². The Hall–Kier alpha value is -3.84. The number of nitrogens with zero attached hydrogens (tertiary/aromatic N) is 3. The largest absolute Gasteiger partial charge is 0.494 e. The highest BCUT2D eigenvalue weighted by Crippen LogP contribution is 2.41. The highest BCUT2D eigenvalue weighted by atomic mass is 16.5. The predicted molar refractivity (Wildman–Crippen MR) is 190 cm³/mol. The maximum absolute atomic E-state index is 14.4. The molecule has 1 unspecified atom stereocenters. The number of nitrogens with one attached hydrogen (secondary N) is 1. The van der Waals surface area contributed by atoms with Crippen molar-refractivity contribution in [2.45, 2.75) is 85.6 Å². The van der Waals surface area contributed by atoms with Crippen LogP contribution in [0.25, 0.3) is 0 Å². The van der Waals surface area contributed by atoms with Gasteiger partial charge in [0.15, 0.2) is 0 Å². The van der Waals surface area contributed by atoms with E-state index in [1.807, 2.05) is 47.4 Å². The van der Waals surface area contributed by atoms with Crippen LogP contribution >= 0.6 is 0 Å². The van der Waals surface area contributed by atoms with Crippen LogP contribution in [0.5, 0.6) is 5.75 Å². The van der Waals surface area contributed by atoms with E-state index in [0.29, 0.717) is 13.2 Å². The Balaban J connectivity index is 1.68. The number of unbranched alkanes of at least 4 members (excludes halogenated alkanes) is 1. The maximum Gasteiger partial charge on any atom is 0.325 e. The van der Waals surface area contributed by atoms with Crippen molar-refractivity contribution in [1.29, 1.82) is 0 Å². The molecule has 0 saturated heterocycles. The molecule has 46 heavy (non-hydrogen) atoms. The van der Waals surface area contributed by atoms with E-state index in [0.717, 1.165) is 78.3 Å². The molecule has 0 spiro atoms. The average molecular weight is 627 g/mol. The van der Waals surface area contributed by atoms with Crippen LogP contribution < -0.4 is 15.0 Å². The van der Waals surface area contributed by atoms with Crippen LogP contribution in [0.1, 0.15) is 108 Å². The molecule has 1 aliphatic heterocycles. The molecule has 1 aliphatic rings. The molecule has 3 aromatic rings. The monoisotopic (exact) mass is 626 g/mol. The van der Waals surface area contributed by atoms with Gasteiger partial charge in [-0.3, -0.25) is 9.69 Å². The first kappa shape index (κ1) is 35.0. The average Bonchev–Trinajstić information content (AvgIpc) is 3.05. The molecule has 4 rings (SSSR count). The minimum Gasteiger partial charge on any atom is -0.494 e. The molecule has 248 valence electrons. The fourth-order valence-corrected chi connectivity index (χ4v) is 6.37. The predicted octanol–water partition coefficient (Wildman–Crippen LogP) is 8.81. The van der Waals surface area contributed by atoms with Gasteiger partial charge in [-0.25, -0.2) is 4.79 Å². The summed E-state index contributed by atoms with van der Waals surface area (Å²) >= 11 is 0. The molecule has 1 atom stereocenters. The molecule has 7 nitrogen and oxygen atoms in total. The summed E-state index contributed by atoms with van der Waals surface area (Å²) < 4.78 is 6.21. The zero-order valence-corrected chi connectivity index (χ0v) is 29.0. The summed E-state index contributed by atoms with van der Waals surface area (Å²) in [5.41, 5.74) is 5.90. The fraction of sp³-hybridized carbons (Fsp3) is 0.487. The molecule has 0 bridgehead atoms. The Bertz CT molecular complexity index is 1420. The molecule has 0 aromatic heterocycles. The van der Waals surface area contributed by atoms with Crippen molar-refractivity contribution in [2.24, 2.45) is 0 Å². The van der Waals surface area contributed by atoms with Crippen LogP contribution in [-0.4, -0.2) is 61.1 Å². The SMILES string of the molecule is CCCCN1C(=O)N(CC(=O)Nc2c(C(C)C)cccc2C(C)C)C(c2cccc(OCCCN(CC)CC)c2)c2ccccc21. The van der Waals surface area contributed by atoms with Gasteiger partial charge in [0.2, 0.25) is 5.91 Å². The van der Waals surface area contributed by atoms with Gasteiger partial charge < -0.3 is 19.9 Å². The maximum atomic E-state index is 14.4. The van der Waals surface area contributed by atoms with E-state index in [2.05, 4.69) is 82.9 Å². The molecule has 1 heterocycles. The Kier molecular flexibility index (Phi) is 12.7. The van der Waals surface area contributed by atoms with Gasteiger partial charge in [-0.1, -0.05) is 103 Å². The van der Waals surface area contributed by atoms with Gasteiger partial charge in [-0.05, 0) is 72.7 Å². The van der Waals surface area contributed by atoms with Gasteiger partial charge >= 0.3 is 6.03 Å². The molecule has 0 fully saturated rings. The Morgan fingerprint density at radius 2 is 1.57 bits per heavy atom. The number of amides is 3. The van der Waals surface area contributed by atoms with Crippen molar-refractivity contribution in [1.82, 2.24) is 9.80 Å². The standard InChI is InChI=1S/C39H54N4O3/c1-8-11-24-42-35-22-13-12-19-34(35)38(30-17-14-18-31(26-30)46-25-16-23-41(9-2)10-3)43(39(42)45)27-36(44)40-37-32(28(4)5)20-15-21-33(37)29(6)7/h12-15,17-22,26,28-29,38H,8-11,16,23-25,27H2,1-7H3,(H,40,44). The van der Waals surface area contributed by atoms with Crippen molar-refractivity contribution < 1.29 is 14.3 Å². The number of hydrogen-bond donors (Lipinski definition) is 1. The summed E-state index contributed by atoms with van der Waals surface area (Å²) in [6, 6.07) is 21.8. The molecule has 0 aliphatic carbocycles. The third-order valence-electron chi connectivity index (χ3n) is 8.95. The lowest BCUT2D eigenvalue weighted by Gasteiger charge is -2.43. The topological polar surface area (TPSA) is 65.1 Å². The fourth-order valence-electron chi connectivity index (χ4n) is 6.37. The number of carbonyl (C=O) groups is 2. The van der Waals surface area contributed by atoms with Crippen LogP contribution in [0, 0.1) is 0 Å². The second kappa shape index (κ2) is 16.6. The first-order valence-corrected chi connectivity index (χ1v) is 17.2. The lowest BCUT2D eigenvalue weighted by Crippen LogP contribution is -2.52. The molecular formula is C39H54N4O3. The lowest BCUT2D eigenvalue weighted by atomic mass is 9.92. The van der Waals surface area contributed by atoms with Gasteiger partial charge in [0.1, 0.15) is 12.3 Å². The van der Waals surface area contributed by atoms with Crippen molar-refractivity contribution in [3.8, 4) is 5.75 Å². The molecule has 7 heteroatoms. The lowest BCUT2D eigenvalue weighted by molar-refractivity contribution is -0.117. The molecule has 3 amide bonds. The van der Waals surface area contributed by atoms with Crippen LogP contribution in [0.2, 0.25) is 0 Å². The molecule has 1 N–H and O–H groups in total. The van der Waals surface area contributed by atoms with E-state index >= 15 is 0 Å². The smallest absolute Gasteiger partial charge is 0.325 e. The molecular weight excluding hydrogens is 572 g/mol. The van der Waals surface area contributed by atoms with Gasteiger partial charge in [0.05, 0.1) is 18.3 Å². The summed E-state index contributed by atoms with van der Waals surface area (Å²) in [7, 11) is 0. The third-order valence-corrected chi connectivity index (χ3v) is 8.95. The number of hydrogen-bond acceptors (Lipinski definition) is 4. The molecule has 3 aromatic carbocycles. The summed E-state index contributed by atoms with van der Waals surface area (Å²) in [5, 5.41) is 3.25. The number of para-hydroxylation sites is 2. The number of ether oxygens (including phenoxy) is 1. The Morgan fingerprint density at radius 1 is 0.891 bits per heavy atom. The third kappa shape index (κ3) is 8.30. The minimum atomic E-state index is -0.434. The normalized spacial score (nSPS) is 14.7. The van der Waals surface area contributed by atoms with Crippen LogP contribution in [0.4, 0.5) is 16.2 Å². The summed E-state index contributed by atoms with van der Waals surface area (Å²) in [5.74, 6) is 1.05. The van der Waals surface area contributed by atoms with Gasteiger partial charge in [-0.15, -0.1) is 0 Å². The van der Waals surface area contributed by atoms with E-state index < -0.39 is 6.04 Å². The summed E-state index contributed by atoms with van der Waals surface area (Å²) in [6.45, 7) is 19.2. The highest BCUT2D eigenvalue weighted by Gasteiger charge is 2.39.